The maximum absolute atomic E-state index is 6.37. The highest BCUT2D eigenvalue weighted by atomic mass is 14.9. The summed E-state index contributed by atoms with van der Waals surface area (Å²) in [6.07, 6.45) is 3.37. The van der Waals surface area contributed by atoms with Gasteiger partial charge in [0.2, 0.25) is 0 Å². The van der Waals surface area contributed by atoms with E-state index in [2.05, 4.69) is 20.8 Å². The van der Waals surface area contributed by atoms with Crippen molar-refractivity contribution in [2.75, 3.05) is 0 Å². The lowest BCUT2D eigenvalue weighted by atomic mass is 9.68. The molecule has 2 aliphatic carbocycles. The minimum atomic E-state index is 0.0150. The molecule has 0 aromatic carbocycles. The summed E-state index contributed by atoms with van der Waals surface area (Å²) in [7, 11) is 0. The Balaban J connectivity index is 2.49. The molecular formula is C10H20N2. The Morgan fingerprint density at radius 3 is 1.92 bits per heavy atom. The Labute approximate surface area is 74.7 Å². The van der Waals surface area contributed by atoms with Crippen molar-refractivity contribution in [3.63, 3.8) is 0 Å². The SMILES string of the molecule is CC1(C)[C@@]2(N)CC[C@]1(C)[C@@H](N)C2. The summed E-state index contributed by atoms with van der Waals surface area (Å²) in [6, 6.07) is 0.311. The van der Waals surface area contributed by atoms with E-state index in [4.69, 9.17) is 11.5 Å². The first kappa shape index (κ1) is 8.52. The van der Waals surface area contributed by atoms with Crippen LogP contribution in [0.15, 0.2) is 0 Å². The minimum absolute atomic E-state index is 0.0150. The first-order valence-corrected chi connectivity index (χ1v) is 4.88. The summed E-state index contributed by atoms with van der Waals surface area (Å²) in [5.74, 6) is 0. The van der Waals surface area contributed by atoms with Crippen molar-refractivity contribution in [3.8, 4) is 0 Å². The number of nitrogens with two attached hydrogens (primary N) is 2. The molecule has 0 saturated heterocycles. The number of hydrogen-bond donors (Lipinski definition) is 2. The summed E-state index contributed by atoms with van der Waals surface area (Å²) in [5.41, 5.74) is 13.0. The lowest BCUT2D eigenvalue weighted by molar-refractivity contribution is 0.125. The van der Waals surface area contributed by atoms with Crippen LogP contribution in [-0.2, 0) is 0 Å². The van der Waals surface area contributed by atoms with Crippen LogP contribution in [0.5, 0.6) is 0 Å². The molecule has 0 spiro atoms. The molecule has 0 aromatic heterocycles. The highest BCUT2D eigenvalue weighted by Crippen LogP contribution is 2.65. The fraction of sp³-hybridized carbons (Fsp3) is 1.00. The van der Waals surface area contributed by atoms with Crippen molar-refractivity contribution in [1.29, 1.82) is 0 Å². The second-order valence-corrected chi connectivity index (χ2v) is 5.51. The molecule has 3 atom stereocenters. The first-order valence-electron chi connectivity index (χ1n) is 4.88. The zero-order chi connectivity index (χ0) is 9.20. The Hall–Kier alpha value is -0.0800. The highest BCUT2D eigenvalue weighted by Gasteiger charge is 2.66. The molecule has 2 fully saturated rings. The predicted molar refractivity (Wildman–Crippen MR) is 50.6 cm³/mol. The van der Waals surface area contributed by atoms with Crippen LogP contribution >= 0.6 is 0 Å². The Kier molecular flexibility index (Phi) is 1.33. The summed E-state index contributed by atoms with van der Waals surface area (Å²) < 4.78 is 0. The third-order valence-corrected chi connectivity index (χ3v) is 5.17. The van der Waals surface area contributed by atoms with Crippen LogP contribution in [-0.4, -0.2) is 11.6 Å². The van der Waals surface area contributed by atoms with Gasteiger partial charge in [-0.05, 0) is 30.1 Å². The lowest BCUT2D eigenvalue weighted by Gasteiger charge is -2.39. The molecule has 4 N–H and O–H groups in total. The van der Waals surface area contributed by atoms with Crippen molar-refractivity contribution < 1.29 is 0 Å². The van der Waals surface area contributed by atoms with Crippen LogP contribution in [0.4, 0.5) is 0 Å². The molecule has 0 aromatic rings. The average Bonchev–Trinajstić information content (AvgIpc) is 2.18. The molecule has 0 heterocycles. The van der Waals surface area contributed by atoms with Gasteiger partial charge >= 0.3 is 0 Å². The first-order chi connectivity index (χ1) is 5.33. The van der Waals surface area contributed by atoms with E-state index >= 15 is 0 Å². The van der Waals surface area contributed by atoms with Gasteiger partial charge in [-0.15, -0.1) is 0 Å². The topological polar surface area (TPSA) is 52.0 Å². The number of hydrogen-bond acceptors (Lipinski definition) is 2. The lowest BCUT2D eigenvalue weighted by Crippen LogP contribution is -2.47. The van der Waals surface area contributed by atoms with Crippen molar-refractivity contribution in [2.45, 2.75) is 51.6 Å². The van der Waals surface area contributed by atoms with E-state index in [0.717, 1.165) is 12.8 Å². The second-order valence-electron chi connectivity index (χ2n) is 5.51. The van der Waals surface area contributed by atoms with E-state index in [1.807, 2.05) is 0 Å². The molecule has 12 heavy (non-hydrogen) atoms. The van der Waals surface area contributed by atoms with Crippen molar-refractivity contribution in [3.05, 3.63) is 0 Å². The molecule has 0 radical (unpaired) electrons. The van der Waals surface area contributed by atoms with E-state index in [-0.39, 0.29) is 16.4 Å². The molecule has 2 bridgehead atoms. The van der Waals surface area contributed by atoms with Gasteiger partial charge in [0.25, 0.3) is 0 Å². The van der Waals surface area contributed by atoms with Gasteiger partial charge < -0.3 is 11.5 Å². The van der Waals surface area contributed by atoms with E-state index in [1.54, 1.807) is 0 Å². The van der Waals surface area contributed by atoms with Gasteiger partial charge in [-0.1, -0.05) is 20.8 Å². The largest absolute Gasteiger partial charge is 0.327 e. The van der Waals surface area contributed by atoms with Crippen molar-refractivity contribution in [1.82, 2.24) is 0 Å². The standard InChI is InChI=1S/C10H20N2/c1-8(2)9(3)4-5-10(8,12)6-7(9)11/h7H,4-6,11-12H2,1-3H3/t7-,9+,10+/m0/s1. The maximum atomic E-state index is 6.37. The quantitative estimate of drug-likeness (QED) is 0.572. The van der Waals surface area contributed by atoms with Crippen LogP contribution in [0.25, 0.3) is 0 Å². The molecule has 70 valence electrons. The predicted octanol–water partition coefficient (Wildman–Crippen LogP) is 1.24. The Bertz CT molecular complexity index is 221. The van der Waals surface area contributed by atoms with Gasteiger partial charge in [0.15, 0.2) is 0 Å². The number of fused-ring (bicyclic) bond motifs is 2. The Morgan fingerprint density at radius 1 is 1.17 bits per heavy atom. The summed E-state index contributed by atoms with van der Waals surface area (Å²) in [4.78, 5) is 0. The van der Waals surface area contributed by atoms with Gasteiger partial charge in [-0.25, -0.2) is 0 Å². The second kappa shape index (κ2) is 1.88. The molecule has 2 nitrogen and oxygen atoms in total. The van der Waals surface area contributed by atoms with Gasteiger partial charge in [-0.3, -0.25) is 0 Å². The zero-order valence-corrected chi connectivity index (χ0v) is 8.35. The average molecular weight is 168 g/mol. The molecule has 0 amide bonds. The highest BCUT2D eigenvalue weighted by molar-refractivity contribution is 5.22. The van der Waals surface area contributed by atoms with Crippen LogP contribution in [0, 0.1) is 10.8 Å². The molecule has 2 saturated carbocycles. The molecular weight excluding hydrogens is 148 g/mol. The van der Waals surface area contributed by atoms with Crippen molar-refractivity contribution >= 4 is 0 Å². The molecule has 2 heteroatoms. The fourth-order valence-electron chi connectivity index (χ4n) is 3.30. The van der Waals surface area contributed by atoms with Crippen molar-refractivity contribution in [2.24, 2.45) is 22.3 Å². The normalized spacial score (nSPS) is 56.2. The fourth-order valence-corrected chi connectivity index (χ4v) is 3.30. The van der Waals surface area contributed by atoms with Crippen LogP contribution in [0.3, 0.4) is 0 Å². The molecule has 2 aliphatic rings. The summed E-state index contributed by atoms with van der Waals surface area (Å²) in [6.45, 7) is 6.87. The van der Waals surface area contributed by atoms with Gasteiger partial charge in [0, 0.05) is 11.6 Å². The molecule has 0 unspecified atom stereocenters. The Morgan fingerprint density at radius 2 is 1.75 bits per heavy atom. The van der Waals surface area contributed by atoms with E-state index < -0.39 is 0 Å². The van der Waals surface area contributed by atoms with E-state index in [9.17, 15) is 0 Å². The van der Waals surface area contributed by atoms with Gasteiger partial charge in [0.05, 0.1) is 0 Å². The smallest absolute Gasteiger partial charge is 0.0227 e. The molecule has 2 rings (SSSR count). The summed E-state index contributed by atoms with van der Waals surface area (Å²) >= 11 is 0. The summed E-state index contributed by atoms with van der Waals surface area (Å²) in [5, 5.41) is 0. The number of rotatable bonds is 0. The zero-order valence-electron chi connectivity index (χ0n) is 8.35. The van der Waals surface area contributed by atoms with Crippen LogP contribution in [0.2, 0.25) is 0 Å². The monoisotopic (exact) mass is 168 g/mol. The van der Waals surface area contributed by atoms with Crippen LogP contribution in [0.1, 0.15) is 40.0 Å². The third-order valence-electron chi connectivity index (χ3n) is 5.17. The van der Waals surface area contributed by atoms with Crippen LogP contribution < -0.4 is 11.5 Å². The third kappa shape index (κ3) is 0.612. The molecule has 0 aliphatic heterocycles. The maximum Gasteiger partial charge on any atom is 0.0227 e. The minimum Gasteiger partial charge on any atom is -0.327 e. The van der Waals surface area contributed by atoms with E-state index in [0.29, 0.717) is 6.04 Å². The van der Waals surface area contributed by atoms with E-state index in [1.165, 1.54) is 6.42 Å². The van der Waals surface area contributed by atoms with Gasteiger partial charge in [0.1, 0.15) is 0 Å². The van der Waals surface area contributed by atoms with Gasteiger partial charge in [-0.2, -0.15) is 0 Å².